The van der Waals surface area contributed by atoms with Gasteiger partial charge in [0.1, 0.15) is 30.5 Å². The topological polar surface area (TPSA) is 47.6 Å². The lowest BCUT2D eigenvalue weighted by atomic mass is 10.2. The Kier molecular flexibility index (Phi) is 5.15. The summed E-state index contributed by atoms with van der Waals surface area (Å²) >= 11 is 0. The molecular weight excluding hydrogens is 273 g/mol. The van der Waals surface area contributed by atoms with Crippen LogP contribution in [0.3, 0.4) is 0 Å². The molecule has 21 heavy (non-hydrogen) atoms. The van der Waals surface area contributed by atoms with Gasteiger partial charge < -0.3 is 14.8 Å². The number of amides is 1. The number of nitrogens with one attached hydrogen (secondary N) is 1. The number of rotatable bonds is 6. The van der Waals surface area contributed by atoms with Crippen LogP contribution in [-0.4, -0.2) is 26.2 Å². The van der Waals surface area contributed by atoms with E-state index in [9.17, 15) is 9.18 Å². The molecule has 0 heterocycles. The summed E-state index contributed by atoms with van der Waals surface area (Å²) in [4.78, 5) is 11.7. The van der Waals surface area contributed by atoms with Crippen LogP contribution in [0.4, 0.5) is 4.39 Å². The fourth-order valence-corrected chi connectivity index (χ4v) is 1.78. The molecule has 1 N–H and O–H groups in total. The van der Waals surface area contributed by atoms with Crippen molar-refractivity contribution in [3.8, 4) is 11.5 Å². The summed E-state index contributed by atoms with van der Waals surface area (Å²) in [6.07, 6.45) is 0. The predicted molar refractivity (Wildman–Crippen MR) is 77.2 cm³/mol. The van der Waals surface area contributed by atoms with Gasteiger partial charge in [-0.15, -0.1) is 0 Å². The number of hydrogen-bond acceptors (Lipinski definition) is 3. The van der Waals surface area contributed by atoms with Gasteiger partial charge in [0.05, 0.1) is 5.56 Å². The zero-order valence-corrected chi connectivity index (χ0v) is 11.6. The molecule has 0 spiro atoms. The molecule has 4 nitrogen and oxygen atoms in total. The normalized spacial score (nSPS) is 10.0. The van der Waals surface area contributed by atoms with Crippen LogP contribution in [0.15, 0.2) is 48.5 Å². The summed E-state index contributed by atoms with van der Waals surface area (Å²) in [5.41, 5.74) is 0.464. The van der Waals surface area contributed by atoms with Crippen LogP contribution in [0.2, 0.25) is 0 Å². The Morgan fingerprint density at radius 3 is 2.62 bits per heavy atom. The molecule has 0 aliphatic carbocycles. The van der Waals surface area contributed by atoms with Gasteiger partial charge in [-0.25, -0.2) is 4.39 Å². The van der Waals surface area contributed by atoms with E-state index < -0.39 is 0 Å². The molecule has 5 heteroatoms. The van der Waals surface area contributed by atoms with Crippen LogP contribution >= 0.6 is 0 Å². The Balaban J connectivity index is 1.88. The first-order chi connectivity index (χ1) is 10.2. The summed E-state index contributed by atoms with van der Waals surface area (Å²) < 4.78 is 23.9. The highest BCUT2D eigenvalue weighted by Crippen LogP contribution is 2.18. The highest BCUT2D eigenvalue weighted by Gasteiger charge is 2.09. The fourth-order valence-electron chi connectivity index (χ4n) is 1.78. The summed E-state index contributed by atoms with van der Waals surface area (Å²) in [6, 6.07) is 12.8. The molecular formula is C16H16FNO3. The lowest BCUT2D eigenvalue weighted by molar-refractivity contribution is 0.0958. The molecule has 1 amide bonds. The Hall–Kier alpha value is -2.56. The van der Waals surface area contributed by atoms with Crippen molar-refractivity contribution in [2.45, 2.75) is 0 Å². The second kappa shape index (κ2) is 7.28. The van der Waals surface area contributed by atoms with E-state index in [1.54, 1.807) is 43.4 Å². The number of halogens is 1. The standard InChI is InChI=1S/C16H16FNO3/c1-18-16(19)14-7-2-3-8-15(14)21-10-9-20-13-6-4-5-12(17)11-13/h2-8,11H,9-10H2,1H3,(H,18,19). The molecule has 0 aliphatic rings. The Morgan fingerprint density at radius 1 is 1.10 bits per heavy atom. The summed E-state index contributed by atoms with van der Waals surface area (Å²) in [7, 11) is 1.56. The lowest BCUT2D eigenvalue weighted by Crippen LogP contribution is -2.19. The maximum Gasteiger partial charge on any atom is 0.254 e. The van der Waals surface area contributed by atoms with Crippen LogP contribution in [0.5, 0.6) is 11.5 Å². The number of carbonyl (C=O) groups is 1. The minimum absolute atomic E-state index is 0.211. The molecule has 0 aromatic heterocycles. The molecule has 0 unspecified atom stereocenters. The van der Waals surface area contributed by atoms with Crippen molar-refractivity contribution in [1.82, 2.24) is 5.32 Å². The van der Waals surface area contributed by atoms with Crippen molar-refractivity contribution in [1.29, 1.82) is 0 Å². The van der Waals surface area contributed by atoms with Gasteiger partial charge in [-0.3, -0.25) is 4.79 Å². The minimum Gasteiger partial charge on any atom is -0.490 e. The van der Waals surface area contributed by atoms with Crippen LogP contribution in [-0.2, 0) is 0 Å². The molecule has 110 valence electrons. The van der Waals surface area contributed by atoms with Crippen molar-refractivity contribution < 1.29 is 18.7 Å². The third-order valence-electron chi connectivity index (χ3n) is 2.76. The molecule has 0 atom stereocenters. The van der Waals surface area contributed by atoms with Crippen LogP contribution < -0.4 is 14.8 Å². The smallest absolute Gasteiger partial charge is 0.254 e. The second-order valence-electron chi connectivity index (χ2n) is 4.23. The first-order valence-corrected chi connectivity index (χ1v) is 6.53. The highest BCUT2D eigenvalue weighted by atomic mass is 19.1. The van der Waals surface area contributed by atoms with E-state index in [1.165, 1.54) is 12.1 Å². The van der Waals surface area contributed by atoms with Crippen molar-refractivity contribution in [3.05, 3.63) is 59.9 Å². The van der Waals surface area contributed by atoms with Crippen molar-refractivity contribution in [2.75, 3.05) is 20.3 Å². The number of para-hydroxylation sites is 1. The van der Waals surface area contributed by atoms with Crippen molar-refractivity contribution in [2.24, 2.45) is 0 Å². The van der Waals surface area contributed by atoms with Crippen LogP contribution in [0, 0.1) is 5.82 Å². The van der Waals surface area contributed by atoms with Gasteiger partial charge in [0, 0.05) is 13.1 Å². The van der Waals surface area contributed by atoms with Gasteiger partial charge in [0.25, 0.3) is 5.91 Å². The SMILES string of the molecule is CNC(=O)c1ccccc1OCCOc1cccc(F)c1. The number of hydrogen-bond donors (Lipinski definition) is 1. The molecule has 0 radical (unpaired) electrons. The lowest BCUT2D eigenvalue weighted by Gasteiger charge is -2.11. The van der Waals surface area contributed by atoms with Crippen LogP contribution in [0.25, 0.3) is 0 Å². The van der Waals surface area contributed by atoms with E-state index >= 15 is 0 Å². The van der Waals surface area contributed by atoms with Crippen molar-refractivity contribution >= 4 is 5.91 Å². The van der Waals surface area contributed by atoms with E-state index in [0.29, 0.717) is 17.1 Å². The first-order valence-electron chi connectivity index (χ1n) is 6.53. The van der Waals surface area contributed by atoms with E-state index in [4.69, 9.17) is 9.47 Å². The number of carbonyl (C=O) groups excluding carboxylic acids is 1. The molecule has 0 bridgehead atoms. The summed E-state index contributed by atoms with van der Waals surface area (Å²) in [5, 5.41) is 2.55. The predicted octanol–water partition coefficient (Wildman–Crippen LogP) is 2.64. The second-order valence-corrected chi connectivity index (χ2v) is 4.23. The maximum atomic E-state index is 13.0. The number of ether oxygens (including phenoxy) is 2. The zero-order chi connectivity index (χ0) is 15.1. The van der Waals surface area contributed by atoms with Gasteiger partial charge >= 0.3 is 0 Å². The number of benzene rings is 2. The van der Waals surface area contributed by atoms with E-state index in [-0.39, 0.29) is 24.9 Å². The van der Waals surface area contributed by atoms with E-state index in [2.05, 4.69) is 5.32 Å². The summed E-state index contributed by atoms with van der Waals surface area (Å²) in [5.74, 6) is 0.368. The molecule has 2 rings (SSSR count). The average Bonchev–Trinajstić information content (AvgIpc) is 2.51. The largest absolute Gasteiger partial charge is 0.490 e. The quantitative estimate of drug-likeness (QED) is 0.832. The first kappa shape index (κ1) is 14.8. The zero-order valence-electron chi connectivity index (χ0n) is 11.6. The van der Waals surface area contributed by atoms with Gasteiger partial charge in [0.2, 0.25) is 0 Å². The average molecular weight is 289 g/mol. The third-order valence-corrected chi connectivity index (χ3v) is 2.76. The van der Waals surface area contributed by atoms with Crippen LogP contribution in [0.1, 0.15) is 10.4 Å². The fraction of sp³-hybridized carbons (Fsp3) is 0.188. The molecule has 0 fully saturated rings. The molecule has 0 saturated carbocycles. The Labute approximate surface area is 122 Å². The van der Waals surface area contributed by atoms with Gasteiger partial charge in [-0.2, -0.15) is 0 Å². The molecule has 0 saturated heterocycles. The van der Waals surface area contributed by atoms with Crippen molar-refractivity contribution in [3.63, 3.8) is 0 Å². The Morgan fingerprint density at radius 2 is 1.86 bits per heavy atom. The molecule has 2 aromatic rings. The molecule has 2 aromatic carbocycles. The van der Waals surface area contributed by atoms with E-state index in [1.807, 2.05) is 0 Å². The van der Waals surface area contributed by atoms with Gasteiger partial charge in [-0.1, -0.05) is 18.2 Å². The third kappa shape index (κ3) is 4.21. The van der Waals surface area contributed by atoms with Gasteiger partial charge in [-0.05, 0) is 24.3 Å². The van der Waals surface area contributed by atoms with E-state index in [0.717, 1.165) is 0 Å². The molecule has 0 aliphatic heterocycles. The van der Waals surface area contributed by atoms with Gasteiger partial charge in [0.15, 0.2) is 0 Å². The Bertz CT molecular complexity index is 616. The highest BCUT2D eigenvalue weighted by molar-refractivity contribution is 5.96. The summed E-state index contributed by atoms with van der Waals surface area (Å²) in [6.45, 7) is 0.510. The minimum atomic E-state index is -0.349. The monoisotopic (exact) mass is 289 g/mol. The maximum absolute atomic E-state index is 13.0.